The molecule has 0 amide bonds. The van der Waals surface area contributed by atoms with Gasteiger partial charge in [0.1, 0.15) is 0 Å². The Hall–Kier alpha value is -8.20. The van der Waals surface area contributed by atoms with Crippen molar-refractivity contribution in [3.8, 4) is 39.1 Å². The molecule has 0 radical (unpaired) electrons. The summed E-state index contributed by atoms with van der Waals surface area (Å²) < 4.78 is 2.46. The maximum absolute atomic E-state index is 2.46. The monoisotopic (exact) mass is 802 g/mol. The third-order valence-electron chi connectivity index (χ3n) is 13.1. The highest BCUT2D eigenvalue weighted by molar-refractivity contribution is 6.10. The normalized spacial score (nSPS) is 12.6. The van der Waals surface area contributed by atoms with Gasteiger partial charge >= 0.3 is 0 Å². The van der Waals surface area contributed by atoms with Crippen LogP contribution in [-0.4, -0.2) is 4.57 Å². The van der Waals surface area contributed by atoms with Crippen LogP contribution < -0.4 is 4.90 Å². The van der Waals surface area contributed by atoms with Crippen LogP contribution in [-0.2, 0) is 5.41 Å². The summed E-state index contributed by atoms with van der Waals surface area (Å²) in [6.07, 6.45) is 0. The highest BCUT2D eigenvalue weighted by Gasteiger charge is 2.46. The molecule has 0 spiro atoms. The van der Waals surface area contributed by atoms with Crippen molar-refractivity contribution in [1.29, 1.82) is 0 Å². The first-order valence-corrected chi connectivity index (χ1v) is 21.8. The van der Waals surface area contributed by atoms with E-state index in [1.807, 2.05) is 0 Å². The number of anilines is 3. The van der Waals surface area contributed by atoms with E-state index >= 15 is 0 Å². The van der Waals surface area contributed by atoms with Gasteiger partial charge in [0.05, 0.1) is 16.4 Å². The number of hydrogen-bond acceptors (Lipinski definition) is 1. The quantitative estimate of drug-likeness (QED) is 0.149. The minimum atomic E-state index is -0.463. The molecule has 2 heteroatoms. The molecule has 0 aliphatic heterocycles. The Bertz CT molecular complexity index is 3330. The molecule has 0 bridgehead atoms. The summed E-state index contributed by atoms with van der Waals surface area (Å²) in [6.45, 7) is 0. The Kier molecular flexibility index (Phi) is 8.76. The Morgan fingerprint density at radius 1 is 0.302 bits per heavy atom. The van der Waals surface area contributed by atoms with Crippen LogP contribution >= 0.6 is 0 Å². The number of rotatable bonds is 8. The average molecular weight is 803 g/mol. The molecule has 0 saturated heterocycles. The molecule has 0 saturated carbocycles. The molecular formula is C61H42N2. The SMILES string of the molecule is c1ccc(N(c2ccccc2)c2ccc(-c3ccc(-c4ccc5c(c4)c4ccccc4n5-c4ccc5c(c4)C(c4ccccc4)(c4ccccc4)c4ccccc4-5)cc3)cc2)cc1. The van der Waals surface area contributed by atoms with Crippen LogP contribution in [0.1, 0.15) is 22.3 Å². The molecule has 1 aliphatic carbocycles. The maximum atomic E-state index is 2.46. The fraction of sp³-hybridized carbons (Fsp3) is 0.0164. The van der Waals surface area contributed by atoms with Gasteiger partial charge in [-0.15, -0.1) is 0 Å². The second-order valence-electron chi connectivity index (χ2n) is 16.5. The van der Waals surface area contributed by atoms with E-state index in [-0.39, 0.29) is 0 Å². The van der Waals surface area contributed by atoms with E-state index in [4.69, 9.17) is 0 Å². The minimum absolute atomic E-state index is 0.463. The number of benzene rings is 10. The van der Waals surface area contributed by atoms with Gasteiger partial charge in [-0.1, -0.05) is 188 Å². The Morgan fingerprint density at radius 3 is 1.40 bits per heavy atom. The number of nitrogens with zero attached hydrogens (tertiary/aromatic N) is 2. The lowest BCUT2D eigenvalue weighted by Gasteiger charge is -2.34. The van der Waals surface area contributed by atoms with Gasteiger partial charge in [-0.25, -0.2) is 0 Å². The standard InChI is InChI=1S/C61H42N2/c1-5-17-47(18-6-1)61(48-19-7-2-8-20-48)57-27-15-13-25-53(57)54-39-38-52(42-58(54)61)63-59-28-16-14-26-55(59)56-41-46(35-40-60(56)63)45-31-29-43(30-32-45)44-33-36-51(37-34-44)62(49-21-9-3-10-22-49)50-23-11-4-12-24-50/h1-42H. The number of hydrogen-bond donors (Lipinski definition) is 0. The van der Waals surface area contributed by atoms with Crippen molar-refractivity contribution in [1.82, 2.24) is 4.57 Å². The molecule has 12 rings (SSSR count). The minimum Gasteiger partial charge on any atom is -0.311 e. The topological polar surface area (TPSA) is 8.17 Å². The highest BCUT2D eigenvalue weighted by Crippen LogP contribution is 2.56. The van der Waals surface area contributed by atoms with Crippen LogP contribution in [0.5, 0.6) is 0 Å². The van der Waals surface area contributed by atoms with Gasteiger partial charge in [0.2, 0.25) is 0 Å². The van der Waals surface area contributed by atoms with Gasteiger partial charge in [0, 0.05) is 33.5 Å². The smallest absolute Gasteiger partial charge is 0.0714 e. The summed E-state index contributed by atoms with van der Waals surface area (Å²) in [6, 6.07) is 93.0. The summed E-state index contributed by atoms with van der Waals surface area (Å²) >= 11 is 0. The second kappa shape index (κ2) is 15.1. The molecule has 2 nitrogen and oxygen atoms in total. The van der Waals surface area contributed by atoms with E-state index in [0.29, 0.717) is 0 Å². The summed E-state index contributed by atoms with van der Waals surface area (Å²) in [5.74, 6) is 0. The van der Waals surface area contributed by atoms with Crippen LogP contribution in [0.25, 0.3) is 60.9 Å². The molecule has 63 heavy (non-hydrogen) atoms. The maximum Gasteiger partial charge on any atom is 0.0714 e. The molecule has 1 aliphatic rings. The van der Waals surface area contributed by atoms with Crippen molar-refractivity contribution < 1.29 is 0 Å². The molecule has 10 aromatic carbocycles. The first kappa shape index (κ1) is 36.6. The average Bonchev–Trinajstić information content (AvgIpc) is 3.86. The van der Waals surface area contributed by atoms with Gasteiger partial charge in [-0.2, -0.15) is 0 Å². The number of aromatic nitrogens is 1. The number of fused-ring (bicyclic) bond motifs is 6. The largest absolute Gasteiger partial charge is 0.311 e. The Labute approximate surface area is 368 Å². The lowest BCUT2D eigenvalue weighted by atomic mass is 9.67. The molecule has 1 aromatic heterocycles. The van der Waals surface area contributed by atoms with E-state index in [9.17, 15) is 0 Å². The van der Waals surface area contributed by atoms with Gasteiger partial charge in [-0.3, -0.25) is 0 Å². The van der Waals surface area contributed by atoms with Gasteiger partial charge in [0.15, 0.2) is 0 Å². The fourth-order valence-electron chi connectivity index (χ4n) is 10.3. The Morgan fingerprint density at radius 2 is 0.762 bits per heavy atom. The first-order valence-electron chi connectivity index (χ1n) is 21.8. The molecular weight excluding hydrogens is 761 g/mol. The zero-order chi connectivity index (χ0) is 41.7. The first-order chi connectivity index (χ1) is 31.3. The van der Waals surface area contributed by atoms with Gasteiger partial charge in [-0.05, 0) is 122 Å². The number of para-hydroxylation sites is 3. The van der Waals surface area contributed by atoms with Crippen LogP contribution in [0.15, 0.2) is 255 Å². The van der Waals surface area contributed by atoms with Crippen LogP contribution in [0.3, 0.4) is 0 Å². The molecule has 0 fully saturated rings. The van der Waals surface area contributed by atoms with Gasteiger partial charge in [0.25, 0.3) is 0 Å². The third-order valence-corrected chi connectivity index (χ3v) is 13.1. The lowest BCUT2D eigenvalue weighted by molar-refractivity contribution is 0.767. The molecule has 11 aromatic rings. The fourth-order valence-corrected chi connectivity index (χ4v) is 10.3. The van der Waals surface area contributed by atoms with Crippen molar-refractivity contribution in [2.45, 2.75) is 5.41 Å². The predicted molar refractivity (Wildman–Crippen MR) is 264 cm³/mol. The van der Waals surface area contributed by atoms with Crippen LogP contribution in [0, 0.1) is 0 Å². The highest BCUT2D eigenvalue weighted by atomic mass is 15.1. The third kappa shape index (κ3) is 5.95. The van der Waals surface area contributed by atoms with E-state index in [2.05, 4.69) is 264 Å². The van der Waals surface area contributed by atoms with Crippen molar-refractivity contribution >= 4 is 38.9 Å². The summed E-state index contributed by atoms with van der Waals surface area (Å²) in [5, 5.41) is 2.48. The van der Waals surface area contributed by atoms with E-state index in [1.54, 1.807) is 0 Å². The molecule has 0 atom stereocenters. The van der Waals surface area contributed by atoms with Crippen LogP contribution in [0.2, 0.25) is 0 Å². The van der Waals surface area contributed by atoms with Crippen molar-refractivity contribution in [2.75, 3.05) is 4.90 Å². The second-order valence-corrected chi connectivity index (χ2v) is 16.5. The summed E-state index contributed by atoms with van der Waals surface area (Å²) in [5.41, 5.74) is 19.0. The summed E-state index contributed by atoms with van der Waals surface area (Å²) in [4.78, 5) is 2.30. The molecule has 0 N–H and O–H groups in total. The molecule has 296 valence electrons. The van der Waals surface area contributed by atoms with Crippen molar-refractivity contribution in [2.24, 2.45) is 0 Å². The van der Waals surface area contributed by atoms with Crippen molar-refractivity contribution in [3.63, 3.8) is 0 Å². The molecule has 0 unspecified atom stereocenters. The molecule has 1 heterocycles. The van der Waals surface area contributed by atoms with E-state index < -0.39 is 5.41 Å². The zero-order valence-electron chi connectivity index (χ0n) is 34.6. The van der Waals surface area contributed by atoms with E-state index in [1.165, 1.54) is 77.4 Å². The van der Waals surface area contributed by atoms with E-state index in [0.717, 1.165) is 22.7 Å². The Balaban J connectivity index is 0.925. The van der Waals surface area contributed by atoms with Crippen LogP contribution in [0.4, 0.5) is 17.1 Å². The predicted octanol–water partition coefficient (Wildman–Crippen LogP) is 16.0. The summed E-state index contributed by atoms with van der Waals surface area (Å²) in [7, 11) is 0. The van der Waals surface area contributed by atoms with Gasteiger partial charge < -0.3 is 9.47 Å². The van der Waals surface area contributed by atoms with Crippen molar-refractivity contribution in [3.05, 3.63) is 277 Å². The zero-order valence-corrected chi connectivity index (χ0v) is 34.6. The lowest BCUT2D eigenvalue weighted by Crippen LogP contribution is -2.28.